The van der Waals surface area contributed by atoms with Crippen LogP contribution in [0.1, 0.15) is 71.6 Å². The molecule has 0 amide bonds. The number of carboxylic acids is 2. The summed E-state index contributed by atoms with van der Waals surface area (Å²) in [6, 6.07) is 0.705. The van der Waals surface area contributed by atoms with Gasteiger partial charge in [0.05, 0.1) is 0 Å². The van der Waals surface area contributed by atoms with Gasteiger partial charge in [-0.2, -0.15) is 0 Å². The molecule has 0 saturated heterocycles. The number of aliphatic carboxylic acids is 2. The van der Waals surface area contributed by atoms with E-state index in [1.807, 2.05) is 0 Å². The molecule has 2 aliphatic carbocycles. The van der Waals surface area contributed by atoms with Gasteiger partial charge in [0.15, 0.2) is 5.78 Å². The lowest BCUT2D eigenvalue weighted by atomic mass is 9.79. The van der Waals surface area contributed by atoms with Crippen LogP contribution in [0.25, 0.3) is 0 Å². The first-order chi connectivity index (χ1) is 12.9. The van der Waals surface area contributed by atoms with Crippen molar-refractivity contribution in [3.8, 4) is 0 Å². The first-order valence-corrected chi connectivity index (χ1v) is 10.0. The molecule has 2 N–H and O–H groups in total. The third kappa shape index (κ3) is 8.52. The molecule has 2 rings (SSSR count). The Kier molecular flexibility index (Phi) is 10.6. The van der Waals surface area contributed by atoms with Crippen molar-refractivity contribution >= 4 is 17.7 Å². The van der Waals surface area contributed by atoms with E-state index in [2.05, 4.69) is 18.7 Å². The molecule has 6 heteroatoms. The van der Waals surface area contributed by atoms with Gasteiger partial charge in [0.2, 0.25) is 0 Å². The third-order valence-electron chi connectivity index (χ3n) is 5.05. The summed E-state index contributed by atoms with van der Waals surface area (Å²) in [5, 5.41) is 15.6. The molecule has 0 aromatic heterocycles. The predicted molar refractivity (Wildman–Crippen MR) is 105 cm³/mol. The molecule has 6 nitrogen and oxygen atoms in total. The molecule has 0 aromatic rings. The second-order valence-corrected chi connectivity index (χ2v) is 7.15. The van der Waals surface area contributed by atoms with E-state index in [0.29, 0.717) is 24.0 Å². The zero-order valence-corrected chi connectivity index (χ0v) is 16.6. The average Bonchev–Trinajstić information content (AvgIpc) is 2.64. The van der Waals surface area contributed by atoms with Gasteiger partial charge in [-0.1, -0.05) is 25.8 Å². The molecule has 0 heterocycles. The summed E-state index contributed by atoms with van der Waals surface area (Å²) in [6.07, 6.45) is 11.4. The fourth-order valence-electron chi connectivity index (χ4n) is 3.78. The zero-order valence-electron chi connectivity index (χ0n) is 16.6. The lowest BCUT2D eigenvalue weighted by Gasteiger charge is -2.37. The van der Waals surface area contributed by atoms with E-state index >= 15 is 0 Å². The maximum atomic E-state index is 11.9. The Morgan fingerprint density at radius 1 is 1.04 bits per heavy atom. The van der Waals surface area contributed by atoms with Crippen LogP contribution in [0.2, 0.25) is 0 Å². The molecule has 1 unspecified atom stereocenters. The van der Waals surface area contributed by atoms with E-state index in [0.717, 1.165) is 19.3 Å². The lowest BCUT2D eigenvalue weighted by molar-refractivity contribution is -0.134. The van der Waals surface area contributed by atoms with Gasteiger partial charge >= 0.3 is 11.9 Å². The van der Waals surface area contributed by atoms with Gasteiger partial charge in [0, 0.05) is 24.6 Å². The Bertz CT molecular complexity index is 563. The lowest BCUT2D eigenvalue weighted by Crippen LogP contribution is -2.39. The Hall–Kier alpha value is -1.95. The molecular weight excluding hydrogens is 346 g/mol. The molecule has 0 spiro atoms. The SMILES string of the molecule is CCCCN(CCC)C1CCC2=C(CCCC2=O)C1.O=C(O)/C=C\C(=O)O. The summed E-state index contributed by atoms with van der Waals surface area (Å²) in [5.41, 5.74) is 2.72. The summed E-state index contributed by atoms with van der Waals surface area (Å²) < 4.78 is 0. The summed E-state index contributed by atoms with van der Waals surface area (Å²) in [5.74, 6) is -2.06. The van der Waals surface area contributed by atoms with E-state index in [1.165, 1.54) is 62.8 Å². The fraction of sp³-hybridized carbons (Fsp3) is 0.667. The maximum absolute atomic E-state index is 11.9. The van der Waals surface area contributed by atoms with Crippen LogP contribution in [0, 0.1) is 0 Å². The molecule has 27 heavy (non-hydrogen) atoms. The van der Waals surface area contributed by atoms with Crippen LogP contribution >= 0.6 is 0 Å². The minimum Gasteiger partial charge on any atom is -0.478 e. The molecule has 0 radical (unpaired) electrons. The van der Waals surface area contributed by atoms with E-state index < -0.39 is 11.9 Å². The number of rotatable bonds is 8. The number of allylic oxidation sites excluding steroid dienone is 1. The highest BCUT2D eigenvalue weighted by Crippen LogP contribution is 2.35. The molecule has 0 saturated carbocycles. The van der Waals surface area contributed by atoms with E-state index in [4.69, 9.17) is 10.2 Å². The first kappa shape index (κ1) is 23.1. The Labute approximate surface area is 161 Å². The predicted octanol–water partition coefficient (Wildman–Crippen LogP) is 3.81. The highest BCUT2D eigenvalue weighted by molar-refractivity contribution is 5.97. The average molecular weight is 379 g/mol. The molecular formula is C21H33NO5. The van der Waals surface area contributed by atoms with Crippen LogP contribution in [0.5, 0.6) is 0 Å². The highest BCUT2D eigenvalue weighted by Gasteiger charge is 2.29. The summed E-state index contributed by atoms with van der Waals surface area (Å²) in [6.45, 7) is 7.01. The second kappa shape index (κ2) is 12.4. The number of carboxylic acid groups (broad SMARTS) is 2. The van der Waals surface area contributed by atoms with Crippen molar-refractivity contribution < 1.29 is 24.6 Å². The molecule has 0 fully saturated rings. The van der Waals surface area contributed by atoms with Crippen molar-refractivity contribution in [2.24, 2.45) is 0 Å². The van der Waals surface area contributed by atoms with Gasteiger partial charge < -0.3 is 15.1 Å². The number of carbonyl (C=O) groups excluding carboxylic acids is 1. The quantitative estimate of drug-likeness (QED) is 0.623. The van der Waals surface area contributed by atoms with Gasteiger partial charge in [-0.25, -0.2) is 9.59 Å². The molecule has 0 aromatic carbocycles. The highest BCUT2D eigenvalue weighted by atomic mass is 16.4. The van der Waals surface area contributed by atoms with Gasteiger partial charge in [-0.3, -0.25) is 4.79 Å². The maximum Gasteiger partial charge on any atom is 0.328 e. The molecule has 0 bridgehead atoms. The number of unbranched alkanes of at least 4 members (excludes halogenated alkanes) is 1. The summed E-state index contributed by atoms with van der Waals surface area (Å²) >= 11 is 0. The molecule has 2 aliphatic rings. The van der Waals surface area contributed by atoms with Crippen molar-refractivity contribution in [1.29, 1.82) is 0 Å². The van der Waals surface area contributed by atoms with Gasteiger partial charge in [0.25, 0.3) is 0 Å². The topological polar surface area (TPSA) is 94.9 Å². The van der Waals surface area contributed by atoms with Gasteiger partial charge in [0.1, 0.15) is 0 Å². The largest absolute Gasteiger partial charge is 0.478 e. The normalized spacial score (nSPS) is 19.7. The van der Waals surface area contributed by atoms with Crippen molar-refractivity contribution in [1.82, 2.24) is 4.90 Å². The standard InChI is InChI=1S/C17H29NO.C4H4O4/c1-3-5-12-18(11-4-2)15-9-10-16-14(13-15)7-6-8-17(16)19;5-3(6)1-2-4(7)8/h15H,3-13H2,1-2H3;1-2H,(H,5,6)(H,7,8)/b;2-1-. The Balaban J connectivity index is 0.000000387. The third-order valence-corrected chi connectivity index (χ3v) is 5.05. The molecule has 0 aliphatic heterocycles. The van der Waals surface area contributed by atoms with Gasteiger partial charge in [-0.05, 0) is 63.6 Å². The van der Waals surface area contributed by atoms with E-state index in [-0.39, 0.29) is 0 Å². The Morgan fingerprint density at radius 3 is 2.26 bits per heavy atom. The van der Waals surface area contributed by atoms with Crippen LogP contribution < -0.4 is 0 Å². The van der Waals surface area contributed by atoms with Crippen molar-refractivity contribution in [2.45, 2.75) is 77.7 Å². The number of nitrogens with zero attached hydrogens (tertiary/aromatic N) is 1. The minimum absolute atomic E-state index is 0.454. The number of carbonyl (C=O) groups is 3. The van der Waals surface area contributed by atoms with Crippen molar-refractivity contribution in [3.05, 3.63) is 23.3 Å². The summed E-state index contributed by atoms with van der Waals surface area (Å²) in [4.78, 5) is 33.7. The summed E-state index contributed by atoms with van der Waals surface area (Å²) in [7, 11) is 0. The molecule has 1 atom stereocenters. The number of Topliss-reactive ketones (excluding diaryl/α,β-unsaturated/α-hetero) is 1. The van der Waals surface area contributed by atoms with Gasteiger partial charge in [-0.15, -0.1) is 0 Å². The van der Waals surface area contributed by atoms with Crippen LogP contribution in [-0.4, -0.2) is 52.0 Å². The zero-order chi connectivity index (χ0) is 20.2. The fourth-order valence-corrected chi connectivity index (χ4v) is 3.78. The minimum atomic E-state index is -1.26. The smallest absolute Gasteiger partial charge is 0.328 e. The van der Waals surface area contributed by atoms with Crippen LogP contribution in [-0.2, 0) is 14.4 Å². The first-order valence-electron chi connectivity index (χ1n) is 10.0. The number of hydrogen-bond donors (Lipinski definition) is 2. The van der Waals surface area contributed by atoms with E-state index in [1.54, 1.807) is 0 Å². The number of ketones is 1. The molecule has 152 valence electrons. The van der Waals surface area contributed by atoms with Crippen LogP contribution in [0.3, 0.4) is 0 Å². The van der Waals surface area contributed by atoms with Crippen LogP contribution in [0.15, 0.2) is 23.3 Å². The van der Waals surface area contributed by atoms with E-state index in [9.17, 15) is 14.4 Å². The Morgan fingerprint density at radius 2 is 1.70 bits per heavy atom. The van der Waals surface area contributed by atoms with Crippen molar-refractivity contribution in [3.63, 3.8) is 0 Å². The monoisotopic (exact) mass is 379 g/mol. The number of hydrogen-bond acceptors (Lipinski definition) is 4. The van der Waals surface area contributed by atoms with Crippen LogP contribution in [0.4, 0.5) is 0 Å². The second-order valence-electron chi connectivity index (χ2n) is 7.15. The van der Waals surface area contributed by atoms with Crippen molar-refractivity contribution in [2.75, 3.05) is 13.1 Å².